The molecule has 4 nitrogen and oxygen atoms in total. The normalized spacial score (nSPS) is 15.1. The molecule has 0 bridgehead atoms. The second kappa shape index (κ2) is 4.82. The van der Waals surface area contributed by atoms with E-state index in [-0.39, 0.29) is 5.91 Å². The van der Waals surface area contributed by atoms with Crippen molar-refractivity contribution in [2.24, 2.45) is 0 Å². The van der Waals surface area contributed by atoms with Gasteiger partial charge in [0.1, 0.15) is 0 Å². The largest absolute Gasteiger partial charge is 0.353 e. The monoisotopic (exact) mass is 239 g/mol. The molecule has 0 radical (unpaired) electrons. The van der Waals surface area contributed by atoms with E-state index in [0.29, 0.717) is 23.8 Å². The summed E-state index contributed by atoms with van der Waals surface area (Å²) >= 11 is 5.17. The highest BCUT2D eigenvalue weighted by Crippen LogP contribution is 2.18. The maximum atomic E-state index is 11.5. The van der Waals surface area contributed by atoms with Gasteiger partial charge in [-0.05, 0) is 31.5 Å². The van der Waals surface area contributed by atoms with Gasteiger partial charge in [-0.2, -0.15) is 0 Å². The molecule has 0 unspecified atom stereocenters. The van der Waals surface area contributed by atoms with Gasteiger partial charge in [-0.1, -0.05) is 6.92 Å². The topological polar surface area (TPSA) is 49.8 Å². The molecule has 1 aromatic heterocycles. The third-order valence-electron chi connectivity index (χ3n) is 2.82. The van der Waals surface area contributed by atoms with Crippen molar-refractivity contribution in [1.29, 1.82) is 0 Å². The number of hydrogen-bond acceptors (Lipinski definition) is 2. The summed E-state index contributed by atoms with van der Waals surface area (Å²) in [5, 5.41) is 2.98. The number of imidazole rings is 1. The first kappa shape index (κ1) is 11.4. The molecular formula is C11H17N3OS. The van der Waals surface area contributed by atoms with Crippen molar-refractivity contribution in [2.45, 2.75) is 45.2 Å². The van der Waals surface area contributed by atoms with Crippen molar-refractivity contribution in [3.05, 3.63) is 16.7 Å². The Labute approximate surface area is 100 Å². The summed E-state index contributed by atoms with van der Waals surface area (Å²) in [6.07, 6.45) is 5.62. The predicted molar refractivity (Wildman–Crippen MR) is 64.8 cm³/mol. The average Bonchev–Trinajstić information content (AvgIpc) is 2.99. The van der Waals surface area contributed by atoms with Gasteiger partial charge in [-0.25, -0.2) is 0 Å². The first-order chi connectivity index (χ1) is 7.70. The number of aryl methyl sites for hydroxylation is 1. The van der Waals surface area contributed by atoms with Gasteiger partial charge in [0.2, 0.25) is 5.91 Å². The Balaban J connectivity index is 1.90. The van der Waals surface area contributed by atoms with Crippen LogP contribution >= 0.6 is 12.2 Å². The highest BCUT2D eigenvalue weighted by atomic mass is 32.1. The molecule has 88 valence electrons. The summed E-state index contributed by atoms with van der Waals surface area (Å²) in [7, 11) is 0. The molecule has 1 fully saturated rings. The second-order valence-electron chi connectivity index (χ2n) is 4.18. The van der Waals surface area contributed by atoms with Crippen LogP contribution in [0.25, 0.3) is 0 Å². The zero-order valence-electron chi connectivity index (χ0n) is 9.45. The number of aromatic amines is 1. The van der Waals surface area contributed by atoms with Crippen LogP contribution in [0.2, 0.25) is 0 Å². The minimum atomic E-state index is 0.132. The standard InChI is InChI=1S/C11H17N3OS/c1-2-9-7-12-11(16)14(9)6-5-10(15)13-8-3-4-8/h7-8H,2-6H2,1H3,(H,12,16)(H,13,15). The summed E-state index contributed by atoms with van der Waals surface area (Å²) in [4.78, 5) is 14.5. The Morgan fingerprint density at radius 2 is 2.44 bits per heavy atom. The fourth-order valence-corrected chi connectivity index (χ4v) is 1.98. The molecule has 1 heterocycles. The van der Waals surface area contributed by atoms with Crippen LogP contribution in [-0.4, -0.2) is 21.5 Å². The van der Waals surface area contributed by atoms with Crippen LogP contribution in [0.5, 0.6) is 0 Å². The van der Waals surface area contributed by atoms with Crippen LogP contribution in [0.3, 0.4) is 0 Å². The zero-order chi connectivity index (χ0) is 11.5. The lowest BCUT2D eigenvalue weighted by Gasteiger charge is -2.07. The maximum Gasteiger partial charge on any atom is 0.222 e. The van der Waals surface area contributed by atoms with Crippen LogP contribution in [0.1, 0.15) is 31.9 Å². The summed E-state index contributed by atoms with van der Waals surface area (Å²) in [6, 6.07) is 0.442. The van der Waals surface area contributed by atoms with Crippen LogP contribution in [-0.2, 0) is 17.8 Å². The van der Waals surface area contributed by atoms with E-state index in [2.05, 4.69) is 17.2 Å². The molecule has 1 aliphatic carbocycles. The van der Waals surface area contributed by atoms with E-state index in [1.807, 2.05) is 10.8 Å². The fraction of sp³-hybridized carbons (Fsp3) is 0.636. The van der Waals surface area contributed by atoms with E-state index < -0.39 is 0 Å². The molecule has 0 spiro atoms. The Bertz CT molecular complexity index is 431. The predicted octanol–water partition coefficient (Wildman–Crippen LogP) is 1.78. The van der Waals surface area contributed by atoms with E-state index in [0.717, 1.165) is 25.0 Å². The Morgan fingerprint density at radius 3 is 3.06 bits per heavy atom. The summed E-state index contributed by atoms with van der Waals surface area (Å²) in [5.74, 6) is 0.132. The summed E-state index contributed by atoms with van der Waals surface area (Å²) < 4.78 is 2.71. The van der Waals surface area contributed by atoms with Crippen LogP contribution in [0.4, 0.5) is 0 Å². The Kier molecular flexibility index (Phi) is 3.43. The van der Waals surface area contributed by atoms with E-state index >= 15 is 0 Å². The van der Waals surface area contributed by atoms with E-state index in [9.17, 15) is 4.79 Å². The smallest absolute Gasteiger partial charge is 0.222 e. The molecule has 0 aliphatic heterocycles. The minimum Gasteiger partial charge on any atom is -0.353 e. The molecular weight excluding hydrogens is 222 g/mol. The molecule has 0 saturated heterocycles. The van der Waals surface area contributed by atoms with Crippen molar-refractivity contribution < 1.29 is 4.79 Å². The first-order valence-corrected chi connectivity index (χ1v) is 6.18. The van der Waals surface area contributed by atoms with E-state index in [4.69, 9.17) is 12.2 Å². The molecule has 2 N–H and O–H groups in total. The molecule has 16 heavy (non-hydrogen) atoms. The van der Waals surface area contributed by atoms with Crippen molar-refractivity contribution >= 4 is 18.1 Å². The molecule has 0 aromatic carbocycles. The molecule has 0 atom stereocenters. The zero-order valence-corrected chi connectivity index (χ0v) is 10.3. The van der Waals surface area contributed by atoms with Gasteiger partial charge < -0.3 is 14.9 Å². The van der Waals surface area contributed by atoms with Crippen LogP contribution in [0, 0.1) is 4.77 Å². The van der Waals surface area contributed by atoms with Crippen molar-refractivity contribution in [1.82, 2.24) is 14.9 Å². The van der Waals surface area contributed by atoms with Crippen molar-refractivity contribution in [3.63, 3.8) is 0 Å². The molecule has 1 amide bonds. The number of H-pyrrole nitrogens is 1. The Morgan fingerprint density at radius 1 is 1.69 bits per heavy atom. The number of nitrogens with zero attached hydrogens (tertiary/aromatic N) is 1. The molecule has 5 heteroatoms. The second-order valence-corrected chi connectivity index (χ2v) is 4.57. The SMILES string of the molecule is CCc1c[nH]c(=S)n1CCC(=O)NC1CC1. The highest BCUT2D eigenvalue weighted by molar-refractivity contribution is 7.71. The van der Waals surface area contributed by atoms with Gasteiger partial charge in [0, 0.05) is 30.9 Å². The van der Waals surface area contributed by atoms with Crippen LogP contribution in [0.15, 0.2) is 6.20 Å². The van der Waals surface area contributed by atoms with Gasteiger partial charge >= 0.3 is 0 Å². The summed E-state index contributed by atoms with van der Waals surface area (Å²) in [6.45, 7) is 2.75. The van der Waals surface area contributed by atoms with E-state index in [1.54, 1.807) is 0 Å². The number of aromatic nitrogens is 2. The third kappa shape index (κ3) is 2.72. The number of hydrogen-bond donors (Lipinski definition) is 2. The maximum absolute atomic E-state index is 11.5. The quantitative estimate of drug-likeness (QED) is 0.769. The molecule has 1 saturated carbocycles. The average molecular weight is 239 g/mol. The number of carbonyl (C=O) groups is 1. The lowest BCUT2D eigenvalue weighted by molar-refractivity contribution is -0.121. The lowest BCUT2D eigenvalue weighted by Crippen LogP contribution is -2.26. The van der Waals surface area contributed by atoms with Crippen molar-refractivity contribution in [2.75, 3.05) is 0 Å². The molecule has 1 aliphatic rings. The number of carbonyl (C=O) groups excluding carboxylic acids is 1. The van der Waals surface area contributed by atoms with Gasteiger partial charge in [-0.15, -0.1) is 0 Å². The fourth-order valence-electron chi connectivity index (χ4n) is 1.71. The molecule has 2 rings (SSSR count). The summed E-state index contributed by atoms with van der Waals surface area (Å²) in [5.41, 5.74) is 1.16. The van der Waals surface area contributed by atoms with Gasteiger partial charge in [-0.3, -0.25) is 4.79 Å². The van der Waals surface area contributed by atoms with E-state index in [1.165, 1.54) is 0 Å². The minimum absolute atomic E-state index is 0.132. The number of rotatable bonds is 5. The Hall–Kier alpha value is -1.10. The van der Waals surface area contributed by atoms with Crippen LogP contribution < -0.4 is 5.32 Å². The highest BCUT2D eigenvalue weighted by Gasteiger charge is 2.22. The molecule has 1 aromatic rings. The third-order valence-corrected chi connectivity index (χ3v) is 3.16. The van der Waals surface area contributed by atoms with Gasteiger partial charge in [0.15, 0.2) is 4.77 Å². The first-order valence-electron chi connectivity index (χ1n) is 5.77. The van der Waals surface area contributed by atoms with Gasteiger partial charge in [0.25, 0.3) is 0 Å². The van der Waals surface area contributed by atoms with Gasteiger partial charge in [0.05, 0.1) is 0 Å². The van der Waals surface area contributed by atoms with Crippen molar-refractivity contribution in [3.8, 4) is 0 Å². The lowest BCUT2D eigenvalue weighted by atomic mass is 10.3. The number of nitrogens with one attached hydrogen (secondary N) is 2. The number of amides is 1.